The summed E-state index contributed by atoms with van der Waals surface area (Å²) in [6, 6.07) is 11.9. The molecule has 1 fully saturated rings. The average Bonchev–Trinajstić information content (AvgIpc) is 3.06. The van der Waals surface area contributed by atoms with Gasteiger partial charge < -0.3 is 15.5 Å². The number of phenols is 1. The molecule has 8 heteroatoms. The zero-order valence-electron chi connectivity index (χ0n) is 15.3. The van der Waals surface area contributed by atoms with Gasteiger partial charge in [0.1, 0.15) is 11.4 Å². The molecule has 0 spiro atoms. The summed E-state index contributed by atoms with van der Waals surface area (Å²) in [5, 5.41) is 33.8. The molecule has 1 aliphatic rings. The van der Waals surface area contributed by atoms with Gasteiger partial charge in [0.15, 0.2) is 15.7 Å². The van der Waals surface area contributed by atoms with E-state index in [1.54, 1.807) is 6.07 Å². The van der Waals surface area contributed by atoms with Crippen LogP contribution in [0.4, 0.5) is 5.82 Å². The molecule has 28 heavy (non-hydrogen) atoms. The largest absolute Gasteiger partial charge is 0.507 e. The molecule has 3 N–H and O–H groups in total. The van der Waals surface area contributed by atoms with E-state index in [9.17, 15) is 18.6 Å². The first-order valence-corrected chi connectivity index (χ1v) is 11.0. The third-order valence-corrected chi connectivity index (χ3v) is 6.20. The van der Waals surface area contributed by atoms with E-state index in [0.29, 0.717) is 23.5 Å². The van der Waals surface area contributed by atoms with Crippen molar-refractivity contribution in [2.24, 2.45) is 0 Å². The van der Waals surface area contributed by atoms with Crippen molar-refractivity contribution in [1.82, 2.24) is 10.2 Å². The first kappa shape index (κ1) is 18.6. The molecule has 0 amide bonds. The van der Waals surface area contributed by atoms with Crippen molar-refractivity contribution in [2.75, 3.05) is 11.6 Å². The van der Waals surface area contributed by atoms with Gasteiger partial charge in [-0.2, -0.15) is 0 Å². The Morgan fingerprint density at radius 2 is 1.82 bits per heavy atom. The van der Waals surface area contributed by atoms with E-state index >= 15 is 0 Å². The summed E-state index contributed by atoms with van der Waals surface area (Å²) in [7, 11) is -3.42. The second-order valence-corrected chi connectivity index (χ2v) is 9.22. The minimum Gasteiger partial charge on any atom is -0.507 e. The number of rotatable bonds is 4. The fourth-order valence-electron chi connectivity index (χ4n) is 3.63. The van der Waals surface area contributed by atoms with Crippen LogP contribution in [0, 0.1) is 0 Å². The number of aromatic nitrogens is 2. The van der Waals surface area contributed by atoms with Crippen molar-refractivity contribution in [3.05, 3.63) is 42.5 Å². The second-order valence-electron chi connectivity index (χ2n) is 7.20. The second kappa shape index (κ2) is 7.03. The molecule has 1 aromatic heterocycles. The highest BCUT2D eigenvalue weighted by Crippen LogP contribution is 2.36. The summed E-state index contributed by atoms with van der Waals surface area (Å²) in [6.45, 7) is 0. The molecule has 1 saturated carbocycles. The van der Waals surface area contributed by atoms with Crippen molar-refractivity contribution >= 4 is 26.4 Å². The highest BCUT2D eigenvalue weighted by Gasteiger charge is 2.24. The van der Waals surface area contributed by atoms with Gasteiger partial charge in [-0.15, -0.1) is 10.2 Å². The van der Waals surface area contributed by atoms with Crippen LogP contribution in [-0.4, -0.2) is 47.2 Å². The highest BCUT2D eigenvalue weighted by atomic mass is 32.2. The number of phenolic OH excluding ortho intramolecular Hbond substituents is 1. The van der Waals surface area contributed by atoms with Crippen LogP contribution >= 0.6 is 0 Å². The van der Waals surface area contributed by atoms with Crippen LogP contribution in [0.25, 0.3) is 22.0 Å². The van der Waals surface area contributed by atoms with E-state index < -0.39 is 9.84 Å². The minimum atomic E-state index is -3.42. The zero-order chi connectivity index (χ0) is 19.9. The number of aliphatic hydroxyl groups excluding tert-OH is 1. The lowest BCUT2D eigenvalue weighted by molar-refractivity contribution is 0.182. The van der Waals surface area contributed by atoms with Crippen LogP contribution < -0.4 is 5.32 Å². The van der Waals surface area contributed by atoms with Crippen molar-refractivity contribution < 1.29 is 18.6 Å². The Bertz CT molecular complexity index is 1150. The van der Waals surface area contributed by atoms with Gasteiger partial charge in [-0.05, 0) is 37.5 Å². The molecule has 7 nitrogen and oxygen atoms in total. The molecule has 1 aliphatic carbocycles. The molecule has 0 radical (unpaired) electrons. The van der Waals surface area contributed by atoms with Gasteiger partial charge in [-0.25, -0.2) is 8.42 Å². The van der Waals surface area contributed by atoms with Crippen LogP contribution in [0.5, 0.6) is 5.75 Å². The maximum absolute atomic E-state index is 11.7. The molecular formula is C20H21N3O4S. The summed E-state index contributed by atoms with van der Waals surface area (Å²) < 4.78 is 23.4. The number of hydrogen-bond acceptors (Lipinski definition) is 7. The summed E-state index contributed by atoms with van der Waals surface area (Å²) >= 11 is 0. The molecule has 2 aromatic carbocycles. The summed E-state index contributed by atoms with van der Waals surface area (Å²) in [5.41, 5.74) is 0.893. The fraction of sp³-hybridized carbons (Fsp3) is 0.300. The van der Waals surface area contributed by atoms with Gasteiger partial charge in [0.25, 0.3) is 0 Å². The lowest BCUT2D eigenvalue weighted by Crippen LogP contribution is -2.18. The Balaban J connectivity index is 1.78. The maximum atomic E-state index is 11.7. The van der Waals surface area contributed by atoms with E-state index in [4.69, 9.17) is 0 Å². The number of nitrogens with zero attached hydrogens (tertiary/aromatic N) is 2. The van der Waals surface area contributed by atoms with Crippen LogP contribution in [0.3, 0.4) is 0 Å². The molecule has 3 aromatic rings. The van der Waals surface area contributed by atoms with Crippen molar-refractivity contribution in [3.8, 4) is 17.0 Å². The Labute approximate surface area is 163 Å². The first-order valence-electron chi connectivity index (χ1n) is 9.06. The third-order valence-electron chi connectivity index (χ3n) is 5.09. The van der Waals surface area contributed by atoms with Crippen LogP contribution in [-0.2, 0) is 9.84 Å². The first-order chi connectivity index (χ1) is 13.3. The average molecular weight is 399 g/mol. The Hall–Kier alpha value is -2.71. The van der Waals surface area contributed by atoms with E-state index in [1.165, 1.54) is 12.1 Å². The smallest absolute Gasteiger partial charge is 0.175 e. The lowest BCUT2D eigenvalue weighted by Gasteiger charge is -2.16. The minimum absolute atomic E-state index is 0.0455. The molecule has 0 bridgehead atoms. The van der Waals surface area contributed by atoms with Gasteiger partial charge in [-0.3, -0.25) is 0 Å². The molecule has 0 saturated heterocycles. The molecule has 146 valence electrons. The highest BCUT2D eigenvalue weighted by molar-refractivity contribution is 7.90. The number of nitrogens with one attached hydrogen (secondary N) is 1. The molecule has 1 heterocycles. The fourth-order valence-corrected chi connectivity index (χ4v) is 4.27. The van der Waals surface area contributed by atoms with Gasteiger partial charge >= 0.3 is 0 Å². The van der Waals surface area contributed by atoms with E-state index in [1.807, 2.05) is 24.3 Å². The molecule has 4 rings (SSSR count). The third kappa shape index (κ3) is 3.53. The van der Waals surface area contributed by atoms with E-state index in [-0.39, 0.29) is 22.8 Å². The van der Waals surface area contributed by atoms with E-state index in [2.05, 4.69) is 15.5 Å². The number of benzene rings is 2. The van der Waals surface area contributed by atoms with Crippen LogP contribution in [0.15, 0.2) is 47.4 Å². The predicted octanol–water partition coefficient (Wildman–Crippen LogP) is 2.73. The molecular weight excluding hydrogens is 378 g/mol. The quantitative estimate of drug-likeness (QED) is 0.618. The maximum Gasteiger partial charge on any atom is 0.175 e. The van der Waals surface area contributed by atoms with Crippen molar-refractivity contribution in [1.29, 1.82) is 0 Å². The van der Waals surface area contributed by atoms with E-state index in [0.717, 1.165) is 29.9 Å². The predicted molar refractivity (Wildman–Crippen MR) is 107 cm³/mol. The van der Waals surface area contributed by atoms with Crippen molar-refractivity contribution in [3.63, 3.8) is 0 Å². The van der Waals surface area contributed by atoms with Crippen molar-refractivity contribution in [2.45, 2.75) is 36.3 Å². The number of fused-ring (bicyclic) bond motifs is 1. The Morgan fingerprint density at radius 1 is 1.07 bits per heavy atom. The summed E-state index contributed by atoms with van der Waals surface area (Å²) in [6.07, 6.45) is 3.11. The Kier molecular flexibility index (Phi) is 4.68. The van der Waals surface area contributed by atoms with Gasteiger partial charge in [0.2, 0.25) is 0 Å². The summed E-state index contributed by atoms with van der Waals surface area (Å²) in [5.74, 6) is 0.465. The number of aromatic hydroxyl groups is 1. The number of aliphatic hydroxyl groups is 1. The normalized spacial score (nSPS) is 19.8. The Morgan fingerprint density at radius 3 is 2.46 bits per heavy atom. The summed E-state index contributed by atoms with van der Waals surface area (Å²) in [4.78, 5) is 0.0455. The zero-order valence-corrected chi connectivity index (χ0v) is 16.1. The topological polar surface area (TPSA) is 112 Å². The number of hydrogen-bond donors (Lipinski definition) is 3. The SMILES string of the molecule is CS(=O)(=O)c1ccc(-c2nnc(N[C@H]3CC[C@@H](O)C3)c3ccccc23)c(O)c1. The molecule has 2 atom stereocenters. The molecule has 0 aliphatic heterocycles. The lowest BCUT2D eigenvalue weighted by atomic mass is 10.0. The van der Waals surface area contributed by atoms with Gasteiger partial charge in [0.05, 0.1) is 11.0 Å². The van der Waals surface area contributed by atoms with Crippen LogP contribution in [0.1, 0.15) is 19.3 Å². The number of sulfone groups is 1. The van der Waals surface area contributed by atoms with Gasteiger partial charge in [-0.1, -0.05) is 24.3 Å². The number of anilines is 1. The monoisotopic (exact) mass is 399 g/mol. The van der Waals surface area contributed by atoms with Crippen LogP contribution in [0.2, 0.25) is 0 Å². The standard InChI is InChI=1S/C20H21N3O4S/c1-28(26,27)14-8-9-17(18(25)11-14)19-15-4-2-3-5-16(15)20(23-22-19)21-12-6-7-13(24)10-12/h2-5,8-9,11-13,24-25H,6-7,10H2,1H3,(H,21,23)/t12-,13+/m0/s1. The van der Waals surface area contributed by atoms with Gasteiger partial charge in [0, 0.05) is 28.6 Å². The molecule has 0 unspecified atom stereocenters.